The van der Waals surface area contributed by atoms with Crippen LogP contribution < -0.4 is 4.74 Å². The van der Waals surface area contributed by atoms with Crippen molar-refractivity contribution in [2.75, 3.05) is 0 Å². The van der Waals surface area contributed by atoms with Crippen LogP contribution in [0, 0.1) is 6.92 Å². The molecule has 0 bridgehead atoms. The number of ether oxygens (including phenoxy) is 1. The summed E-state index contributed by atoms with van der Waals surface area (Å²) >= 11 is 0.653. The van der Waals surface area contributed by atoms with E-state index >= 15 is 0 Å². The lowest BCUT2D eigenvalue weighted by Crippen LogP contribution is -2.21. The Morgan fingerprint density at radius 2 is 1.52 bits per heavy atom. The summed E-state index contributed by atoms with van der Waals surface area (Å²) in [5, 5.41) is 7.69. The number of aliphatic carboxylic acids is 1. The number of carboxylic acids is 1. The summed E-state index contributed by atoms with van der Waals surface area (Å²) in [6.07, 6.45) is -0.238. The topological polar surface area (TPSA) is 80.7 Å². The molecule has 25 heavy (non-hydrogen) atoms. The predicted octanol–water partition coefficient (Wildman–Crippen LogP) is 4.09. The highest BCUT2D eigenvalue weighted by Crippen LogP contribution is 2.23. The van der Waals surface area contributed by atoms with Crippen molar-refractivity contribution in [3.8, 4) is 11.5 Å². The monoisotopic (exact) mass is 358 g/mol. The highest BCUT2D eigenvalue weighted by molar-refractivity contribution is 8.14. The normalized spacial score (nSPS) is 11.6. The Morgan fingerprint density at radius 1 is 1.00 bits per heavy atom. The van der Waals surface area contributed by atoms with Gasteiger partial charge in [-0.25, -0.2) is 0 Å². The summed E-state index contributed by atoms with van der Waals surface area (Å²) in [7, 11) is 0. The van der Waals surface area contributed by atoms with E-state index in [1.54, 1.807) is 24.3 Å². The molecule has 6 heteroatoms. The highest BCUT2D eigenvalue weighted by Gasteiger charge is 2.24. The van der Waals surface area contributed by atoms with Crippen molar-refractivity contribution >= 4 is 28.6 Å². The summed E-state index contributed by atoms with van der Waals surface area (Å²) in [5.74, 6) is -0.238. The van der Waals surface area contributed by atoms with Crippen LogP contribution in [-0.4, -0.2) is 27.2 Å². The zero-order chi connectivity index (χ0) is 18.4. The summed E-state index contributed by atoms with van der Waals surface area (Å²) in [6.45, 7) is 3.27. The number of hydrogen-bond donors (Lipinski definition) is 1. The number of ketones is 1. The van der Waals surface area contributed by atoms with E-state index in [0.717, 1.165) is 5.56 Å². The number of thioether (sulfide) groups is 1. The molecule has 0 aliphatic heterocycles. The molecule has 2 rings (SSSR count). The lowest BCUT2D eigenvalue weighted by atomic mass is 10.1. The van der Waals surface area contributed by atoms with Crippen LogP contribution in [0.2, 0.25) is 0 Å². The maximum Gasteiger partial charge on any atom is 0.317 e. The van der Waals surface area contributed by atoms with Gasteiger partial charge in [-0.05, 0) is 43.3 Å². The first-order valence-corrected chi connectivity index (χ1v) is 8.51. The molecule has 0 spiro atoms. The van der Waals surface area contributed by atoms with Gasteiger partial charge in [0.1, 0.15) is 16.7 Å². The lowest BCUT2D eigenvalue weighted by molar-refractivity contribution is -0.136. The van der Waals surface area contributed by atoms with Gasteiger partial charge in [0.05, 0.1) is 0 Å². The van der Waals surface area contributed by atoms with Crippen molar-refractivity contribution in [2.45, 2.75) is 25.5 Å². The van der Waals surface area contributed by atoms with Crippen LogP contribution in [0.4, 0.5) is 0 Å². The van der Waals surface area contributed by atoms with Gasteiger partial charge < -0.3 is 9.84 Å². The minimum Gasteiger partial charge on any atom is -0.480 e. The molecule has 0 amide bonds. The van der Waals surface area contributed by atoms with Crippen LogP contribution in [0.5, 0.6) is 11.5 Å². The summed E-state index contributed by atoms with van der Waals surface area (Å²) in [6, 6.07) is 14.1. The second kappa shape index (κ2) is 8.48. The molecule has 2 aromatic rings. The predicted molar refractivity (Wildman–Crippen MR) is 96.3 cm³/mol. The van der Waals surface area contributed by atoms with Gasteiger partial charge in [0.15, 0.2) is 10.9 Å². The van der Waals surface area contributed by atoms with Gasteiger partial charge in [-0.2, -0.15) is 0 Å². The van der Waals surface area contributed by atoms with Crippen molar-refractivity contribution in [1.29, 1.82) is 0 Å². The third-order valence-electron chi connectivity index (χ3n) is 3.39. The van der Waals surface area contributed by atoms with Crippen molar-refractivity contribution in [3.63, 3.8) is 0 Å². The van der Waals surface area contributed by atoms with E-state index in [0.29, 0.717) is 28.8 Å². The molecule has 0 aliphatic rings. The van der Waals surface area contributed by atoms with E-state index in [9.17, 15) is 14.4 Å². The molecule has 1 unspecified atom stereocenters. The molecular formula is C19H18O5S. The van der Waals surface area contributed by atoms with Crippen LogP contribution >= 0.6 is 11.8 Å². The molecule has 0 heterocycles. The van der Waals surface area contributed by atoms with Gasteiger partial charge in [-0.15, -0.1) is 0 Å². The van der Waals surface area contributed by atoms with Crippen molar-refractivity contribution in [3.05, 3.63) is 59.7 Å². The Kier molecular flexibility index (Phi) is 6.36. The van der Waals surface area contributed by atoms with Gasteiger partial charge in [-0.1, -0.05) is 29.5 Å². The minimum absolute atomic E-state index is 0.238. The minimum atomic E-state index is -1.17. The fourth-order valence-corrected chi connectivity index (χ4v) is 2.85. The maximum atomic E-state index is 12.2. The van der Waals surface area contributed by atoms with Gasteiger partial charge in [0.2, 0.25) is 0 Å². The number of carbonyl (C=O) groups is 3. The molecule has 0 aromatic heterocycles. The zero-order valence-corrected chi connectivity index (χ0v) is 14.7. The van der Waals surface area contributed by atoms with Crippen LogP contribution in [0.3, 0.4) is 0 Å². The van der Waals surface area contributed by atoms with Crippen molar-refractivity contribution < 1.29 is 24.2 Å². The fraction of sp³-hybridized carbons (Fsp3) is 0.211. The third kappa shape index (κ3) is 5.76. The Bertz CT molecular complexity index is 765. The van der Waals surface area contributed by atoms with Gasteiger partial charge in [0, 0.05) is 18.9 Å². The molecule has 0 saturated heterocycles. The Hall–Kier alpha value is -2.60. The number of aryl methyl sites for hydroxylation is 1. The van der Waals surface area contributed by atoms with E-state index in [2.05, 4.69) is 0 Å². The van der Waals surface area contributed by atoms with Crippen LogP contribution in [-0.2, 0) is 9.59 Å². The van der Waals surface area contributed by atoms with Crippen LogP contribution in [0.1, 0.15) is 29.3 Å². The van der Waals surface area contributed by atoms with Gasteiger partial charge in [0.25, 0.3) is 0 Å². The number of benzene rings is 2. The van der Waals surface area contributed by atoms with Crippen molar-refractivity contribution in [1.82, 2.24) is 0 Å². The summed E-state index contributed by atoms with van der Waals surface area (Å²) in [5.41, 5.74) is 1.51. The summed E-state index contributed by atoms with van der Waals surface area (Å²) in [4.78, 5) is 34.4. The second-order valence-corrected chi connectivity index (χ2v) is 6.88. The standard InChI is InChI=1S/C19H18O5S/c1-12-3-7-15(8-4-12)24-16-9-5-14(6-10-16)17(21)11-18(19(22)23)25-13(2)20/h3-10,18H,11H2,1-2H3,(H,22,23). The van der Waals surface area contributed by atoms with Crippen LogP contribution in [0.15, 0.2) is 48.5 Å². The van der Waals surface area contributed by atoms with E-state index in [-0.39, 0.29) is 17.3 Å². The Morgan fingerprint density at radius 3 is 2.00 bits per heavy atom. The molecule has 5 nitrogen and oxygen atoms in total. The molecule has 0 aliphatic carbocycles. The first kappa shape index (κ1) is 18.7. The second-order valence-electron chi connectivity index (χ2n) is 5.50. The summed E-state index contributed by atoms with van der Waals surface area (Å²) < 4.78 is 5.69. The number of rotatable bonds is 7. The number of carboxylic acid groups (broad SMARTS) is 1. The lowest BCUT2D eigenvalue weighted by Gasteiger charge is -2.10. The van der Waals surface area contributed by atoms with Gasteiger partial charge in [-0.3, -0.25) is 14.4 Å². The Balaban J connectivity index is 2.02. The van der Waals surface area contributed by atoms with E-state index in [4.69, 9.17) is 9.84 Å². The average molecular weight is 358 g/mol. The van der Waals surface area contributed by atoms with Crippen LogP contribution in [0.25, 0.3) is 0 Å². The van der Waals surface area contributed by atoms with E-state index in [1.165, 1.54) is 6.92 Å². The molecule has 1 atom stereocenters. The smallest absolute Gasteiger partial charge is 0.317 e. The molecule has 0 fully saturated rings. The third-order valence-corrected chi connectivity index (χ3v) is 4.37. The molecule has 1 N–H and O–H groups in total. The number of carbonyl (C=O) groups excluding carboxylic acids is 2. The number of Topliss-reactive ketones (excluding diaryl/α,β-unsaturated/α-hetero) is 1. The highest BCUT2D eigenvalue weighted by atomic mass is 32.2. The zero-order valence-electron chi connectivity index (χ0n) is 13.9. The number of hydrogen-bond acceptors (Lipinski definition) is 5. The first-order valence-electron chi connectivity index (χ1n) is 7.63. The average Bonchev–Trinajstić information content (AvgIpc) is 2.56. The van der Waals surface area contributed by atoms with Gasteiger partial charge >= 0.3 is 5.97 Å². The first-order chi connectivity index (χ1) is 11.8. The van der Waals surface area contributed by atoms with Crippen molar-refractivity contribution in [2.24, 2.45) is 0 Å². The largest absolute Gasteiger partial charge is 0.480 e. The maximum absolute atomic E-state index is 12.2. The quantitative estimate of drug-likeness (QED) is 0.751. The SMILES string of the molecule is CC(=O)SC(CC(=O)c1ccc(Oc2ccc(C)cc2)cc1)C(=O)O. The molecule has 130 valence electrons. The molecule has 0 radical (unpaired) electrons. The molecule has 2 aromatic carbocycles. The van der Waals surface area contributed by atoms with E-state index in [1.807, 2.05) is 31.2 Å². The van der Waals surface area contributed by atoms with E-state index < -0.39 is 11.2 Å². The molecular weight excluding hydrogens is 340 g/mol. The Labute approximate surface area is 150 Å². The molecule has 0 saturated carbocycles. The fourth-order valence-electron chi connectivity index (χ4n) is 2.12.